The third-order valence-corrected chi connectivity index (χ3v) is 2.07. The number of nitrogens with one attached hydrogen (secondary N) is 1. The van der Waals surface area contributed by atoms with Crippen LogP contribution in [0.5, 0.6) is 0 Å². The predicted molar refractivity (Wildman–Crippen MR) is 65.6 cm³/mol. The van der Waals surface area contributed by atoms with E-state index in [1.807, 2.05) is 0 Å². The van der Waals surface area contributed by atoms with E-state index in [0.29, 0.717) is 38.5 Å². The van der Waals surface area contributed by atoms with Crippen molar-refractivity contribution in [1.82, 2.24) is 5.32 Å². The van der Waals surface area contributed by atoms with E-state index in [1.165, 1.54) is 7.11 Å². The van der Waals surface area contributed by atoms with E-state index in [1.54, 1.807) is 7.11 Å². The summed E-state index contributed by atoms with van der Waals surface area (Å²) in [5.74, 6) is -0.0335. The van der Waals surface area contributed by atoms with Crippen molar-refractivity contribution < 1.29 is 14.3 Å². The lowest BCUT2D eigenvalue weighted by Crippen LogP contribution is -2.34. The van der Waals surface area contributed by atoms with Gasteiger partial charge in [-0.2, -0.15) is 0 Å². The number of hydrogen-bond acceptors (Lipinski definition) is 5. The highest BCUT2D eigenvalue weighted by Crippen LogP contribution is 1.96. The molecule has 0 bridgehead atoms. The lowest BCUT2D eigenvalue weighted by molar-refractivity contribution is -0.142. The van der Waals surface area contributed by atoms with E-state index in [9.17, 15) is 4.79 Å². The van der Waals surface area contributed by atoms with Gasteiger partial charge in [0.25, 0.3) is 0 Å². The number of carbonyl (C=O) groups excluding carboxylic acids is 1. The van der Waals surface area contributed by atoms with Crippen molar-refractivity contribution in [3.05, 3.63) is 0 Å². The van der Waals surface area contributed by atoms with E-state index in [0.717, 1.165) is 0 Å². The van der Waals surface area contributed by atoms with Crippen molar-refractivity contribution >= 4 is 11.9 Å². The number of aliphatic imine (C=N–C) groups is 1. The largest absolute Gasteiger partial charge is 0.468 e. The van der Waals surface area contributed by atoms with Gasteiger partial charge in [-0.05, 0) is 12.8 Å². The maximum Gasteiger partial charge on any atom is 0.322 e. The molecule has 0 fully saturated rings. The van der Waals surface area contributed by atoms with E-state index in [2.05, 4.69) is 15.0 Å². The number of guanidine groups is 1. The summed E-state index contributed by atoms with van der Waals surface area (Å²) in [7, 11) is 2.93. The second-order valence-corrected chi connectivity index (χ2v) is 3.46. The molecule has 5 N–H and O–H groups in total. The summed E-state index contributed by atoms with van der Waals surface area (Å²) >= 11 is 0. The van der Waals surface area contributed by atoms with Crippen LogP contribution in [0.3, 0.4) is 0 Å². The van der Waals surface area contributed by atoms with E-state index >= 15 is 0 Å². The smallest absolute Gasteiger partial charge is 0.322 e. The molecule has 0 heterocycles. The molecular formula is C10H22N4O3. The van der Waals surface area contributed by atoms with Crippen LogP contribution < -0.4 is 16.8 Å². The van der Waals surface area contributed by atoms with Crippen LogP contribution in [0.25, 0.3) is 0 Å². The Bertz CT molecular complexity index is 246. The third-order valence-electron chi connectivity index (χ3n) is 2.07. The van der Waals surface area contributed by atoms with Gasteiger partial charge in [-0.25, -0.2) is 0 Å². The minimum atomic E-state index is -0.585. The maximum atomic E-state index is 11.0. The topological polar surface area (TPSA) is 112 Å². The Labute approximate surface area is 102 Å². The average molecular weight is 246 g/mol. The fourth-order valence-corrected chi connectivity index (χ4v) is 1.12. The Morgan fingerprint density at radius 3 is 2.76 bits per heavy atom. The lowest BCUT2D eigenvalue weighted by atomic mass is 10.2. The SMILES string of the molecule is COCCNC(N)=NCCC[C@H](N)C(=O)OC. The summed E-state index contributed by atoms with van der Waals surface area (Å²) in [5, 5.41) is 2.89. The molecule has 0 aromatic heterocycles. The minimum Gasteiger partial charge on any atom is -0.468 e. The first-order valence-electron chi connectivity index (χ1n) is 5.48. The van der Waals surface area contributed by atoms with Gasteiger partial charge in [0.05, 0.1) is 13.7 Å². The number of carbonyl (C=O) groups is 1. The number of nitrogens with two attached hydrogens (primary N) is 2. The first kappa shape index (κ1) is 15.7. The highest BCUT2D eigenvalue weighted by Gasteiger charge is 2.12. The van der Waals surface area contributed by atoms with Gasteiger partial charge in [0, 0.05) is 20.2 Å². The van der Waals surface area contributed by atoms with Crippen molar-refractivity contribution in [2.75, 3.05) is 33.9 Å². The molecule has 100 valence electrons. The molecule has 0 aliphatic heterocycles. The van der Waals surface area contributed by atoms with Gasteiger partial charge in [0.2, 0.25) is 0 Å². The normalized spacial score (nSPS) is 13.2. The van der Waals surface area contributed by atoms with E-state index in [-0.39, 0.29) is 0 Å². The van der Waals surface area contributed by atoms with Gasteiger partial charge in [0.15, 0.2) is 5.96 Å². The van der Waals surface area contributed by atoms with Crippen LogP contribution in [-0.4, -0.2) is 51.9 Å². The average Bonchev–Trinajstić information content (AvgIpc) is 2.33. The number of hydrogen-bond donors (Lipinski definition) is 3. The van der Waals surface area contributed by atoms with Gasteiger partial charge >= 0.3 is 5.97 Å². The Hall–Kier alpha value is -1.34. The fraction of sp³-hybridized carbons (Fsp3) is 0.800. The van der Waals surface area contributed by atoms with Crippen LogP contribution in [-0.2, 0) is 14.3 Å². The zero-order chi connectivity index (χ0) is 13.1. The number of nitrogens with zero attached hydrogens (tertiary/aromatic N) is 1. The molecule has 7 nitrogen and oxygen atoms in total. The number of methoxy groups -OCH3 is 2. The summed E-state index contributed by atoms with van der Waals surface area (Å²) in [4.78, 5) is 15.1. The Morgan fingerprint density at radius 2 is 2.18 bits per heavy atom. The highest BCUT2D eigenvalue weighted by molar-refractivity contribution is 5.77. The molecule has 1 atom stereocenters. The van der Waals surface area contributed by atoms with Crippen LogP contribution in [0.1, 0.15) is 12.8 Å². The van der Waals surface area contributed by atoms with Gasteiger partial charge in [0.1, 0.15) is 6.04 Å². The second-order valence-electron chi connectivity index (χ2n) is 3.46. The zero-order valence-corrected chi connectivity index (χ0v) is 10.4. The molecule has 17 heavy (non-hydrogen) atoms. The first-order chi connectivity index (χ1) is 8.11. The van der Waals surface area contributed by atoms with Crippen molar-refractivity contribution in [2.45, 2.75) is 18.9 Å². The van der Waals surface area contributed by atoms with E-state index in [4.69, 9.17) is 16.2 Å². The quantitative estimate of drug-likeness (QED) is 0.215. The van der Waals surface area contributed by atoms with Crippen LogP contribution in [0.4, 0.5) is 0 Å². The zero-order valence-electron chi connectivity index (χ0n) is 10.4. The second kappa shape index (κ2) is 9.86. The molecule has 0 spiro atoms. The predicted octanol–water partition coefficient (Wildman–Crippen LogP) is -1.18. The molecule has 0 saturated heterocycles. The molecule has 0 rings (SSSR count). The Kier molecular flexibility index (Phi) is 9.08. The Morgan fingerprint density at radius 1 is 1.47 bits per heavy atom. The molecule has 0 aromatic rings. The molecule has 0 aliphatic carbocycles. The summed E-state index contributed by atoms with van der Waals surface area (Å²) in [6.45, 7) is 1.72. The molecule has 7 heteroatoms. The summed E-state index contributed by atoms with van der Waals surface area (Å²) in [6, 6.07) is -0.585. The Balaban J connectivity index is 3.61. The number of rotatable bonds is 8. The molecule has 0 aromatic carbocycles. The molecular weight excluding hydrogens is 224 g/mol. The fourth-order valence-electron chi connectivity index (χ4n) is 1.12. The van der Waals surface area contributed by atoms with Gasteiger partial charge < -0.3 is 26.3 Å². The molecule has 0 aliphatic rings. The summed E-state index contributed by atoms with van der Waals surface area (Å²) in [5.41, 5.74) is 11.1. The standard InChI is InChI=1S/C10H22N4O3/c1-16-7-6-14-10(12)13-5-3-4-8(11)9(15)17-2/h8H,3-7,11H2,1-2H3,(H3,12,13,14)/t8-/m0/s1. The highest BCUT2D eigenvalue weighted by atomic mass is 16.5. The minimum absolute atomic E-state index is 0.369. The van der Waals surface area contributed by atoms with Gasteiger partial charge in [-0.1, -0.05) is 0 Å². The molecule has 0 saturated carbocycles. The van der Waals surface area contributed by atoms with Crippen LogP contribution in [0, 0.1) is 0 Å². The van der Waals surface area contributed by atoms with Crippen molar-refractivity contribution in [2.24, 2.45) is 16.5 Å². The van der Waals surface area contributed by atoms with Crippen molar-refractivity contribution in [3.8, 4) is 0 Å². The van der Waals surface area contributed by atoms with Crippen molar-refractivity contribution in [1.29, 1.82) is 0 Å². The summed E-state index contributed by atoms with van der Waals surface area (Å²) < 4.78 is 9.35. The third kappa shape index (κ3) is 8.47. The van der Waals surface area contributed by atoms with E-state index < -0.39 is 12.0 Å². The van der Waals surface area contributed by atoms with Gasteiger partial charge in [-0.15, -0.1) is 0 Å². The summed E-state index contributed by atoms with van der Waals surface area (Å²) in [6.07, 6.45) is 1.21. The van der Waals surface area contributed by atoms with Crippen LogP contribution in [0.15, 0.2) is 4.99 Å². The number of ether oxygens (including phenoxy) is 2. The monoisotopic (exact) mass is 246 g/mol. The molecule has 0 unspecified atom stereocenters. The maximum absolute atomic E-state index is 11.0. The van der Waals surface area contributed by atoms with Crippen LogP contribution >= 0.6 is 0 Å². The van der Waals surface area contributed by atoms with Gasteiger partial charge in [-0.3, -0.25) is 9.79 Å². The van der Waals surface area contributed by atoms with Crippen molar-refractivity contribution in [3.63, 3.8) is 0 Å². The molecule has 0 amide bonds. The number of esters is 1. The van der Waals surface area contributed by atoms with Crippen LogP contribution in [0.2, 0.25) is 0 Å². The first-order valence-corrected chi connectivity index (χ1v) is 5.48. The lowest BCUT2D eigenvalue weighted by Gasteiger charge is -2.08. The molecule has 0 radical (unpaired) electrons.